The van der Waals surface area contributed by atoms with Crippen LogP contribution in [0.1, 0.15) is 15.9 Å². The van der Waals surface area contributed by atoms with E-state index in [4.69, 9.17) is 0 Å². The number of benzene rings is 2. The van der Waals surface area contributed by atoms with E-state index in [0.717, 1.165) is 11.3 Å². The topological polar surface area (TPSA) is 51.1 Å². The second-order valence-electron chi connectivity index (χ2n) is 5.28. The highest BCUT2D eigenvalue weighted by Gasteiger charge is 2.07. The predicted octanol–water partition coefficient (Wildman–Crippen LogP) is 3.40. The van der Waals surface area contributed by atoms with E-state index in [1.807, 2.05) is 49.4 Å². The molecule has 114 valence electrons. The molecule has 1 amide bonds. The van der Waals surface area contributed by atoms with Gasteiger partial charge in [-0.1, -0.05) is 35.9 Å². The first-order valence-electron chi connectivity index (χ1n) is 7.30. The van der Waals surface area contributed by atoms with Gasteiger partial charge in [0.1, 0.15) is 0 Å². The molecule has 0 atom stereocenters. The van der Waals surface area contributed by atoms with Gasteiger partial charge in [-0.05, 0) is 37.3 Å². The Balaban J connectivity index is 1.88. The third-order valence-electron chi connectivity index (χ3n) is 3.52. The highest BCUT2D eigenvalue weighted by molar-refractivity contribution is 6.04. The van der Waals surface area contributed by atoms with Gasteiger partial charge in [0.25, 0.3) is 11.5 Å². The van der Waals surface area contributed by atoms with E-state index in [0.29, 0.717) is 11.3 Å². The number of nitrogens with zero attached hydrogens (tertiary/aromatic N) is 1. The minimum Gasteiger partial charge on any atom is -0.321 e. The van der Waals surface area contributed by atoms with Gasteiger partial charge in [0.05, 0.1) is 5.69 Å². The SMILES string of the molecule is Cc1ccc(C(=O)Nc2ccc(=O)n(-c3ccccc3)c2)cc1. The maximum atomic E-state index is 12.3. The molecule has 0 fully saturated rings. The third-order valence-corrected chi connectivity index (χ3v) is 3.52. The minimum absolute atomic E-state index is 0.149. The van der Waals surface area contributed by atoms with E-state index in [2.05, 4.69) is 5.32 Å². The fourth-order valence-electron chi connectivity index (χ4n) is 2.26. The zero-order valence-electron chi connectivity index (χ0n) is 12.7. The van der Waals surface area contributed by atoms with Crippen LogP contribution in [-0.2, 0) is 0 Å². The first kappa shape index (κ1) is 14.8. The number of anilines is 1. The number of rotatable bonds is 3. The monoisotopic (exact) mass is 304 g/mol. The summed E-state index contributed by atoms with van der Waals surface area (Å²) >= 11 is 0. The highest BCUT2D eigenvalue weighted by Crippen LogP contribution is 2.11. The van der Waals surface area contributed by atoms with Crippen LogP contribution in [0.15, 0.2) is 77.7 Å². The molecule has 1 heterocycles. The lowest BCUT2D eigenvalue weighted by atomic mass is 10.1. The van der Waals surface area contributed by atoms with E-state index in [1.165, 1.54) is 10.6 Å². The van der Waals surface area contributed by atoms with E-state index in [-0.39, 0.29) is 11.5 Å². The molecular formula is C19H16N2O2. The number of carbonyl (C=O) groups is 1. The molecule has 0 unspecified atom stereocenters. The Labute approximate surface area is 134 Å². The van der Waals surface area contributed by atoms with Gasteiger partial charge < -0.3 is 5.32 Å². The van der Waals surface area contributed by atoms with Crippen molar-refractivity contribution < 1.29 is 4.79 Å². The second kappa shape index (κ2) is 6.32. The lowest BCUT2D eigenvalue weighted by Gasteiger charge is -2.09. The average molecular weight is 304 g/mol. The van der Waals surface area contributed by atoms with Gasteiger partial charge >= 0.3 is 0 Å². The Morgan fingerprint density at radius 3 is 2.30 bits per heavy atom. The van der Waals surface area contributed by atoms with Crippen molar-refractivity contribution in [2.45, 2.75) is 6.92 Å². The third kappa shape index (κ3) is 3.37. The molecule has 0 radical (unpaired) electrons. The number of para-hydroxylation sites is 1. The summed E-state index contributed by atoms with van der Waals surface area (Å²) in [7, 11) is 0. The van der Waals surface area contributed by atoms with Gasteiger partial charge in [0.15, 0.2) is 0 Å². The number of carbonyl (C=O) groups excluding carboxylic acids is 1. The van der Waals surface area contributed by atoms with Crippen LogP contribution < -0.4 is 10.9 Å². The zero-order chi connectivity index (χ0) is 16.2. The molecule has 3 rings (SSSR count). The number of nitrogens with one attached hydrogen (secondary N) is 1. The number of pyridine rings is 1. The Morgan fingerprint density at radius 2 is 1.61 bits per heavy atom. The molecular weight excluding hydrogens is 288 g/mol. The molecule has 23 heavy (non-hydrogen) atoms. The molecule has 0 aliphatic heterocycles. The average Bonchev–Trinajstić information content (AvgIpc) is 2.58. The summed E-state index contributed by atoms with van der Waals surface area (Å²) in [6, 6.07) is 19.7. The second-order valence-corrected chi connectivity index (χ2v) is 5.28. The molecule has 0 aliphatic carbocycles. The molecule has 4 heteroatoms. The van der Waals surface area contributed by atoms with Crippen LogP contribution in [0, 0.1) is 6.92 Å². The molecule has 4 nitrogen and oxygen atoms in total. The normalized spacial score (nSPS) is 10.3. The molecule has 0 saturated heterocycles. The summed E-state index contributed by atoms with van der Waals surface area (Å²) < 4.78 is 1.50. The van der Waals surface area contributed by atoms with Crippen molar-refractivity contribution in [3.63, 3.8) is 0 Å². The summed E-state index contributed by atoms with van der Waals surface area (Å²) in [5.74, 6) is -0.205. The minimum atomic E-state index is -0.205. The van der Waals surface area contributed by atoms with Crippen molar-refractivity contribution in [1.29, 1.82) is 0 Å². The number of hydrogen-bond acceptors (Lipinski definition) is 2. The lowest BCUT2D eigenvalue weighted by molar-refractivity contribution is 0.102. The van der Waals surface area contributed by atoms with Crippen molar-refractivity contribution in [3.05, 3.63) is 94.4 Å². The number of aromatic nitrogens is 1. The Bertz CT molecular complexity index is 881. The fourth-order valence-corrected chi connectivity index (χ4v) is 2.26. The summed E-state index contributed by atoms with van der Waals surface area (Å²) in [6.45, 7) is 1.97. The van der Waals surface area contributed by atoms with E-state index < -0.39 is 0 Å². The van der Waals surface area contributed by atoms with Crippen LogP contribution in [0.5, 0.6) is 0 Å². The molecule has 2 aromatic carbocycles. The zero-order valence-corrected chi connectivity index (χ0v) is 12.7. The smallest absolute Gasteiger partial charge is 0.255 e. The van der Waals surface area contributed by atoms with Gasteiger partial charge in [0.2, 0.25) is 0 Å². The molecule has 0 bridgehead atoms. The van der Waals surface area contributed by atoms with Crippen LogP contribution in [0.25, 0.3) is 5.69 Å². The molecule has 0 spiro atoms. The van der Waals surface area contributed by atoms with E-state index in [1.54, 1.807) is 24.4 Å². The maximum Gasteiger partial charge on any atom is 0.255 e. The van der Waals surface area contributed by atoms with Crippen LogP contribution >= 0.6 is 0 Å². The summed E-state index contributed by atoms with van der Waals surface area (Å²) in [4.78, 5) is 24.3. The molecule has 0 saturated carbocycles. The van der Waals surface area contributed by atoms with Crippen molar-refractivity contribution in [2.24, 2.45) is 0 Å². The highest BCUT2D eigenvalue weighted by atomic mass is 16.1. The number of hydrogen-bond donors (Lipinski definition) is 1. The van der Waals surface area contributed by atoms with Crippen molar-refractivity contribution >= 4 is 11.6 Å². The van der Waals surface area contributed by atoms with Crippen LogP contribution in [0.4, 0.5) is 5.69 Å². The van der Waals surface area contributed by atoms with Crippen molar-refractivity contribution in [3.8, 4) is 5.69 Å². The van der Waals surface area contributed by atoms with Crippen LogP contribution in [0.3, 0.4) is 0 Å². The number of amides is 1. The summed E-state index contributed by atoms with van der Waals surface area (Å²) in [5, 5.41) is 2.82. The molecule has 0 aliphatic rings. The predicted molar refractivity (Wildman–Crippen MR) is 91.2 cm³/mol. The number of aryl methyl sites for hydroxylation is 1. The molecule has 1 aromatic heterocycles. The van der Waals surface area contributed by atoms with Gasteiger partial charge in [-0.25, -0.2) is 0 Å². The van der Waals surface area contributed by atoms with Crippen LogP contribution in [0.2, 0.25) is 0 Å². The fraction of sp³-hybridized carbons (Fsp3) is 0.0526. The van der Waals surface area contributed by atoms with Crippen LogP contribution in [-0.4, -0.2) is 10.5 Å². The summed E-state index contributed by atoms with van der Waals surface area (Å²) in [5.41, 5.74) is 2.85. The van der Waals surface area contributed by atoms with E-state index >= 15 is 0 Å². The first-order chi connectivity index (χ1) is 11.1. The molecule has 1 N–H and O–H groups in total. The lowest BCUT2D eigenvalue weighted by Crippen LogP contribution is -2.19. The maximum absolute atomic E-state index is 12.3. The largest absolute Gasteiger partial charge is 0.321 e. The summed E-state index contributed by atoms with van der Waals surface area (Å²) in [6.07, 6.45) is 1.63. The van der Waals surface area contributed by atoms with Gasteiger partial charge in [-0.3, -0.25) is 14.2 Å². The van der Waals surface area contributed by atoms with Gasteiger partial charge in [0, 0.05) is 23.5 Å². The van der Waals surface area contributed by atoms with Gasteiger partial charge in [-0.15, -0.1) is 0 Å². The first-order valence-corrected chi connectivity index (χ1v) is 7.30. The Morgan fingerprint density at radius 1 is 0.913 bits per heavy atom. The Kier molecular flexibility index (Phi) is 4.06. The quantitative estimate of drug-likeness (QED) is 0.806. The Hall–Kier alpha value is -3.14. The molecule has 3 aromatic rings. The van der Waals surface area contributed by atoms with E-state index in [9.17, 15) is 9.59 Å². The van der Waals surface area contributed by atoms with Crippen molar-refractivity contribution in [2.75, 3.05) is 5.32 Å². The standard InChI is InChI=1S/C19H16N2O2/c1-14-7-9-15(10-8-14)19(23)20-16-11-12-18(22)21(13-16)17-5-3-2-4-6-17/h2-13H,1H3,(H,20,23). The van der Waals surface area contributed by atoms with Gasteiger partial charge in [-0.2, -0.15) is 0 Å². The van der Waals surface area contributed by atoms with Crippen molar-refractivity contribution in [1.82, 2.24) is 4.57 Å².